The SMILES string of the molecule is CNc1cc2[nH]cnc2cc1C#N. The van der Waals surface area contributed by atoms with Crippen molar-refractivity contribution in [2.75, 3.05) is 12.4 Å². The van der Waals surface area contributed by atoms with Crippen LogP contribution in [0.15, 0.2) is 18.5 Å². The first-order valence-electron chi connectivity index (χ1n) is 3.90. The largest absolute Gasteiger partial charge is 0.387 e. The van der Waals surface area contributed by atoms with E-state index in [9.17, 15) is 0 Å². The van der Waals surface area contributed by atoms with Gasteiger partial charge in [0.15, 0.2) is 0 Å². The second kappa shape index (κ2) is 2.79. The summed E-state index contributed by atoms with van der Waals surface area (Å²) in [6.45, 7) is 0. The van der Waals surface area contributed by atoms with Gasteiger partial charge < -0.3 is 10.3 Å². The van der Waals surface area contributed by atoms with Gasteiger partial charge >= 0.3 is 0 Å². The van der Waals surface area contributed by atoms with Crippen LogP contribution in [0.4, 0.5) is 5.69 Å². The highest BCUT2D eigenvalue weighted by atomic mass is 14.9. The average Bonchev–Trinajstić information content (AvgIpc) is 2.62. The highest BCUT2D eigenvalue weighted by molar-refractivity contribution is 5.82. The highest BCUT2D eigenvalue weighted by Gasteiger charge is 2.03. The molecule has 4 nitrogen and oxygen atoms in total. The summed E-state index contributed by atoms with van der Waals surface area (Å²) < 4.78 is 0. The molecule has 0 aliphatic rings. The number of rotatable bonds is 1. The summed E-state index contributed by atoms with van der Waals surface area (Å²) in [7, 11) is 1.79. The molecule has 1 aromatic carbocycles. The third kappa shape index (κ3) is 1.11. The van der Waals surface area contributed by atoms with Crippen molar-refractivity contribution in [3.63, 3.8) is 0 Å². The fourth-order valence-corrected chi connectivity index (χ4v) is 1.28. The van der Waals surface area contributed by atoms with E-state index in [0.29, 0.717) is 5.56 Å². The normalized spacial score (nSPS) is 9.85. The van der Waals surface area contributed by atoms with Gasteiger partial charge in [-0.25, -0.2) is 4.98 Å². The molecule has 0 bridgehead atoms. The van der Waals surface area contributed by atoms with E-state index in [1.54, 1.807) is 19.4 Å². The van der Waals surface area contributed by atoms with Crippen molar-refractivity contribution in [3.8, 4) is 6.07 Å². The first-order chi connectivity index (χ1) is 6.35. The zero-order chi connectivity index (χ0) is 9.26. The molecular formula is C9H8N4. The zero-order valence-corrected chi connectivity index (χ0v) is 7.13. The van der Waals surface area contributed by atoms with E-state index >= 15 is 0 Å². The van der Waals surface area contributed by atoms with Crippen LogP contribution in [0, 0.1) is 11.3 Å². The number of nitrogens with one attached hydrogen (secondary N) is 2. The van der Waals surface area contributed by atoms with Crippen molar-refractivity contribution in [3.05, 3.63) is 24.0 Å². The van der Waals surface area contributed by atoms with Crippen molar-refractivity contribution in [1.29, 1.82) is 5.26 Å². The van der Waals surface area contributed by atoms with E-state index in [1.165, 1.54) is 0 Å². The van der Waals surface area contributed by atoms with Gasteiger partial charge in [0, 0.05) is 7.05 Å². The minimum atomic E-state index is 0.613. The topological polar surface area (TPSA) is 64.5 Å². The molecule has 2 rings (SSSR count). The lowest BCUT2D eigenvalue weighted by Crippen LogP contribution is -1.91. The molecule has 64 valence electrons. The van der Waals surface area contributed by atoms with Gasteiger partial charge in [-0.2, -0.15) is 5.26 Å². The van der Waals surface area contributed by atoms with Gasteiger partial charge in [-0.3, -0.25) is 0 Å². The summed E-state index contributed by atoms with van der Waals surface area (Å²) in [5, 5.41) is 11.8. The third-order valence-electron chi connectivity index (χ3n) is 1.95. The molecule has 0 radical (unpaired) electrons. The van der Waals surface area contributed by atoms with E-state index in [-0.39, 0.29) is 0 Å². The van der Waals surface area contributed by atoms with Gasteiger partial charge in [-0.15, -0.1) is 0 Å². The molecule has 0 amide bonds. The lowest BCUT2D eigenvalue weighted by molar-refractivity contribution is 1.34. The van der Waals surface area contributed by atoms with Crippen LogP contribution < -0.4 is 5.32 Å². The van der Waals surface area contributed by atoms with Gasteiger partial charge in [0.25, 0.3) is 0 Å². The Morgan fingerprint density at radius 2 is 2.38 bits per heavy atom. The lowest BCUT2D eigenvalue weighted by atomic mass is 10.1. The molecule has 13 heavy (non-hydrogen) atoms. The number of hydrogen-bond acceptors (Lipinski definition) is 3. The maximum absolute atomic E-state index is 8.82. The first kappa shape index (κ1) is 7.62. The Hall–Kier alpha value is -2.02. The summed E-state index contributed by atoms with van der Waals surface area (Å²) >= 11 is 0. The van der Waals surface area contributed by atoms with Gasteiger partial charge in [0.05, 0.1) is 28.6 Å². The van der Waals surface area contributed by atoms with Crippen molar-refractivity contribution in [1.82, 2.24) is 9.97 Å². The Kier molecular flexibility index (Phi) is 1.64. The van der Waals surface area contributed by atoms with Crippen LogP contribution >= 0.6 is 0 Å². The number of H-pyrrole nitrogens is 1. The number of benzene rings is 1. The standard InChI is InChI=1S/C9H8N4/c1-11-7-3-9-8(12-5-13-9)2-6(7)4-10/h2-3,5,11H,1H3,(H,12,13). The van der Waals surface area contributed by atoms with Crippen LogP contribution in [-0.2, 0) is 0 Å². The zero-order valence-electron chi connectivity index (χ0n) is 7.13. The van der Waals surface area contributed by atoms with Crippen LogP contribution in [0.25, 0.3) is 11.0 Å². The maximum Gasteiger partial charge on any atom is 0.101 e. The first-order valence-corrected chi connectivity index (χ1v) is 3.90. The molecule has 0 fully saturated rings. The molecule has 1 aromatic heterocycles. The van der Waals surface area contributed by atoms with E-state index in [0.717, 1.165) is 16.7 Å². The molecule has 0 aliphatic heterocycles. The van der Waals surface area contributed by atoms with E-state index in [1.807, 2.05) is 6.07 Å². The van der Waals surface area contributed by atoms with E-state index in [4.69, 9.17) is 5.26 Å². The second-order valence-electron chi connectivity index (χ2n) is 2.68. The van der Waals surface area contributed by atoms with Gasteiger partial charge in [-0.1, -0.05) is 0 Å². The molecule has 0 saturated heterocycles. The Balaban J connectivity index is 2.76. The summed E-state index contributed by atoms with van der Waals surface area (Å²) in [5.41, 5.74) is 3.18. The van der Waals surface area contributed by atoms with Crippen LogP contribution in [0.2, 0.25) is 0 Å². The number of imidazole rings is 1. The van der Waals surface area contributed by atoms with Gasteiger partial charge in [0.2, 0.25) is 0 Å². The van der Waals surface area contributed by atoms with Crippen molar-refractivity contribution in [2.45, 2.75) is 0 Å². The Labute approximate surface area is 75.2 Å². The Morgan fingerprint density at radius 1 is 1.54 bits per heavy atom. The van der Waals surface area contributed by atoms with Crippen LogP contribution in [0.1, 0.15) is 5.56 Å². The van der Waals surface area contributed by atoms with Crippen LogP contribution in [-0.4, -0.2) is 17.0 Å². The minimum absolute atomic E-state index is 0.613. The maximum atomic E-state index is 8.82. The summed E-state index contributed by atoms with van der Waals surface area (Å²) in [5.74, 6) is 0. The number of fused-ring (bicyclic) bond motifs is 1. The van der Waals surface area contributed by atoms with Gasteiger partial charge in [-0.05, 0) is 12.1 Å². The number of aromatic nitrogens is 2. The lowest BCUT2D eigenvalue weighted by Gasteiger charge is -2.01. The summed E-state index contributed by atoms with van der Waals surface area (Å²) in [6.07, 6.45) is 1.62. The molecule has 4 heteroatoms. The van der Waals surface area contributed by atoms with Gasteiger partial charge in [0.1, 0.15) is 6.07 Å². The second-order valence-corrected chi connectivity index (χ2v) is 2.68. The Morgan fingerprint density at radius 3 is 3.08 bits per heavy atom. The molecule has 2 N–H and O–H groups in total. The average molecular weight is 172 g/mol. The molecule has 0 unspecified atom stereocenters. The minimum Gasteiger partial charge on any atom is -0.387 e. The number of nitriles is 1. The Bertz CT molecular complexity index is 478. The molecular weight excluding hydrogens is 164 g/mol. The van der Waals surface area contributed by atoms with E-state index in [2.05, 4.69) is 21.4 Å². The predicted octanol–water partition coefficient (Wildman–Crippen LogP) is 1.48. The van der Waals surface area contributed by atoms with Crippen molar-refractivity contribution >= 4 is 16.7 Å². The molecule has 0 spiro atoms. The summed E-state index contributed by atoms with van der Waals surface area (Å²) in [4.78, 5) is 7.05. The molecule has 0 saturated carbocycles. The van der Waals surface area contributed by atoms with E-state index < -0.39 is 0 Å². The summed E-state index contributed by atoms with van der Waals surface area (Å²) in [6, 6.07) is 5.75. The fraction of sp³-hybridized carbons (Fsp3) is 0.111. The number of hydrogen-bond donors (Lipinski definition) is 2. The quantitative estimate of drug-likeness (QED) is 0.684. The smallest absolute Gasteiger partial charge is 0.101 e. The predicted molar refractivity (Wildman–Crippen MR) is 50.4 cm³/mol. The molecule has 0 atom stereocenters. The molecule has 1 heterocycles. The number of anilines is 1. The molecule has 2 aromatic rings. The monoisotopic (exact) mass is 172 g/mol. The van der Waals surface area contributed by atoms with Crippen LogP contribution in [0.3, 0.4) is 0 Å². The van der Waals surface area contributed by atoms with Crippen molar-refractivity contribution in [2.24, 2.45) is 0 Å². The highest BCUT2D eigenvalue weighted by Crippen LogP contribution is 2.20. The fourth-order valence-electron chi connectivity index (χ4n) is 1.28. The van der Waals surface area contributed by atoms with Crippen LogP contribution in [0.5, 0.6) is 0 Å². The molecule has 0 aliphatic carbocycles. The van der Waals surface area contributed by atoms with Crippen molar-refractivity contribution < 1.29 is 0 Å². The number of nitrogens with zero attached hydrogens (tertiary/aromatic N) is 2. The third-order valence-corrected chi connectivity index (χ3v) is 1.95. The number of aromatic amines is 1.